The highest BCUT2D eigenvalue weighted by Gasteiger charge is 2.09. The summed E-state index contributed by atoms with van der Waals surface area (Å²) in [6.45, 7) is 6.01. The third-order valence-corrected chi connectivity index (χ3v) is 4.11. The van der Waals surface area contributed by atoms with Crippen molar-refractivity contribution in [1.82, 2.24) is 9.97 Å². The van der Waals surface area contributed by atoms with E-state index in [-0.39, 0.29) is 18.2 Å². The predicted octanol–water partition coefficient (Wildman–Crippen LogP) is 2.86. The maximum absolute atomic E-state index is 12.3. The van der Waals surface area contributed by atoms with Gasteiger partial charge in [-0.15, -0.1) is 12.5 Å². The molecule has 0 aliphatic rings. The Morgan fingerprint density at radius 2 is 2.29 bits per heavy atom. The van der Waals surface area contributed by atoms with Gasteiger partial charge in [-0.3, -0.25) is 9.79 Å². The van der Waals surface area contributed by atoms with Crippen LogP contribution in [0.5, 0.6) is 5.88 Å². The number of nitrogens with zero attached hydrogens (tertiary/aromatic N) is 3. The van der Waals surface area contributed by atoms with E-state index in [0.717, 1.165) is 5.56 Å². The quantitative estimate of drug-likeness (QED) is 0.308. The predicted molar refractivity (Wildman–Crippen MR) is 113 cm³/mol. The lowest BCUT2D eigenvalue weighted by Crippen LogP contribution is -2.14. The first kappa shape index (κ1) is 21.0. The molecule has 28 heavy (non-hydrogen) atoms. The van der Waals surface area contributed by atoms with Crippen LogP contribution in [0.25, 0.3) is 0 Å². The molecule has 7 nitrogen and oxygen atoms in total. The van der Waals surface area contributed by atoms with E-state index in [9.17, 15) is 4.79 Å². The van der Waals surface area contributed by atoms with E-state index in [1.54, 1.807) is 19.1 Å². The van der Waals surface area contributed by atoms with E-state index in [1.807, 2.05) is 18.2 Å². The zero-order valence-electron chi connectivity index (χ0n) is 15.5. The standard InChI is InChI=1S/C20H21N5O2S/c1-3-5-9-27-18-14-22-17(13-23-18)19(26)25-16-8-6-7-15(11-16)12-24-20(21)28-10-4-2/h4,6-8,11,13-14H,2,9-10,12H2,1H3,(H2,21,24)(H,25,26). The average Bonchev–Trinajstić information content (AvgIpc) is 2.71. The molecule has 0 aliphatic carbocycles. The Labute approximate surface area is 168 Å². The van der Waals surface area contributed by atoms with Crippen LogP contribution in [-0.2, 0) is 6.54 Å². The SMILES string of the molecule is C=CCSC(N)=NCc1cccc(NC(=O)c2cnc(OCC#CC)cn2)c1. The van der Waals surface area contributed by atoms with E-state index < -0.39 is 0 Å². The molecule has 0 saturated heterocycles. The number of carbonyl (C=O) groups excluding carboxylic acids is 1. The van der Waals surface area contributed by atoms with E-state index >= 15 is 0 Å². The molecule has 1 aromatic carbocycles. The van der Waals surface area contributed by atoms with Crippen molar-refractivity contribution in [2.45, 2.75) is 13.5 Å². The molecule has 0 saturated carbocycles. The summed E-state index contributed by atoms with van der Waals surface area (Å²) < 4.78 is 5.28. The summed E-state index contributed by atoms with van der Waals surface area (Å²) in [5, 5.41) is 3.29. The zero-order chi connectivity index (χ0) is 20.2. The third kappa shape index (κ3) is 7.13. The Bertz CT molecular complexity index is 901. The third-order valence-electron chi connectivity index (χ3n) is 3.28. The molecule has 0 radical (unpaired) electrons. The minimum Gasteiger partial charge on any atom is -0.463 e. The van der Waals surface area contributed by atoms with Crippen LogP contribution in [0.4, 0.5) is 5.69 Å². The van der Waals surface area contributed by atoms with Gasteiger partial charge in [-0.2, -0.15) is 0 Å². The van der Waals surface area contributed by atoms with Gasteiger partial charge in [0.25, 0.3) is 5.91 Å². The van der Waals surface area contributed by atoms with Gasteiger partial charge in [-0.25, -0.2) is 9.97 Å². The molecule has 8 heteroatoms. The van der Waals surface area contributed by atoms with E-state index in [2.05, 4.69) is 38.7 Å². The molecular weight excluding hydrogens is 374 g/mol. The van der Waals surface area contributed by atoms with Crippen molar-refractivity contribution in [2.24, 2.45) is 10.7 Å². The summed E-state index contributed by atoms with van der Waals surface area (Å²) in [5.74, 6) is 6.13. The number of hydrogen-bond donors (Lipinski definition) is 2. The van der Waals surface area contributed by atoms with Crippen LogP contribution < -0.4 is 15.8 Å². The largest absolute Gasteiger partial charge is 0.463 e. The number of hydrogen-bond acceptors (Lipinski definition) is 6. The Balaban J connectivity index is 1.96. The molecule has 0 bridgehead atoms. The average molecular weight is 395 g/mol. The van der Waals surface area contributed by atoms with Gasteiger partial charge in [-0.05, 0) is 24.6 Å². The monoisotopic (exact) mass is 395 g/mol. The number of aromatic nitrogens is 2. The van der Waals surface area contributed by atoms with Crippen LogP contribution in [-0.4, -0.2) is 33.4 Å². The van der Waals surface area contributed by atoms with Crippen molar-refractivity contribution >= 4 is 28.5 Å². The van der Waals surface area contributed by atoms with Crippen molar-refractivity contribution in [1.29, 1.82) is 0 Å². The number of anilines is 1. The second-order valence-corrected chi connectivity index (χ2v) is 6.40. The minimum atomic E-state index is -0.367. The van der Waals surface area contributed by atoms with Gasteiger partial charge in [0.1, 0.15) is 5.69 Å². The van der Waals surface area contributed by atoms with E-state index in [0.29, 0.717) is 29.0 Å². The summed E-state index contributed by atoms with van der Waals surface area (Å²) in [6.07, 6.45) is 4.51. The number of rotatable bonds is 8. The number of benzene rings is 1. The van der Waals surface area contributed by atoms with Gasteiger partial charge in [0.2, 0.25) is 5.88 Å². The number of nitrogens with two attached hydrogens (primary N) is 1. The number of carbonyl (C=O) groups is 1. The first-order valence-corrected chi connectivity index (χ1v) is 9.39. The lowest BCUT2D eigenvalue weighted by Gasteiger charge is -2.07. The number of amidine groups is 1. The summed E-state index contributed by atoms with van der Waals surface area (Å²) in [7, 11) is 0. The maximum atomic E-state index is 12.3. The Morgan fingerprint density at radius 1 is 1.43 bits per heavy atom. The number of nitrogens with one attached hydrogen (secondary N) is 1. The fourth-order valence-corrected chi connectivity index (χ4v) is 2.44. The van der Waals surface area contributed by atoms with Crippen molar-refractivity contribution in [3.8, 4) is 17.7 Å². The molecule has 1 amide bonds. The van der Waals surface area contributed by atoms with Crippen LogP contribution in [0.3, 0.4) is 0 Å². The van der Waals surface area contributed by atoms with Crippen molar-refractivity contribution in [3.05, 3.63) is 60.6 Å². The number of amides is 1. The molecular formula is C20H21N5O2S. The highest BCUT2D eigenvalue weighted by Crippen LogP contribution is 2.14. The van der Waals surface area contributed by atoms with Crippen molar-refractivity contribution < 1.29 is 9.53 Å². The molecule has 0 fully saturated rings. The summed E-state index contributed by atoms with van der Waals surface area (Å²) in [6, 6.07) is 7.37. The van der Waals surface area contributed by atoms with Crippen LogP contribution in [0.2, 0.25) is 0 Å². The maximum Gasteiger partial charge on any atom is 0.275 e. The molecule has 144 valence electrons. The molecule has 1 heterocycles. The molecule has 3 N–H and O–H groups in total. The number of ether oxygens (including phenoxy) is 1. The van der Waals surface area contributed by atoms with Crippen LogP contribution in [0.1, 0.15) is 23.0 Å². The Kier molecular flexibility index (Phi) is 8.56. The van der Waals surface area contributed by atoms with Gasteiger partial charge in [0, 0.05) is 11.4 Å². The highest BCUT2D eigenvalue weighted by atomic mass is 32.2. The van der Waals surface area contributed by atoms with Crippen LogP contribution in [0.15, 0.2) is 54.3 Å². The lowest BCUT2D eigenvalue weighted by molar-refractivity contribution is 0.102. The summed E-state index contributed by atoms with van der Waals surface area (Å²) in [4.78, 5) is 24.8. The fraction of sp³-hybridized carbons (Fsp3) is 0.200. The molecule has 0 spiro atoms. The first-order valence-electron chi connectivity index (χ1n) is 8.40. The summed E-state index contributed by atoms with van der Waals surface area (Å²) >= 11 is 1.42. The van der Waals surface area contributed by atoms with Crippen LogP contribution in [0, 0.1) is 11.8 Å². The van der Waals surface area contributed by atoms with E-state index in [1.165, 1.54) is 24.2 Å². The highest BCUT2D eigenvalue weighted by molar-refractivity contribution is 8.13. The molecule has 1 aromatic heterocycles. The topological polar surface area (TPSA) is 102 Å². The smallest absolute Gasteiger partial charge is 0.275 e. The Morgan fingerprint density at radius 3 is 3.00 bits per heavy atom. The molecule has 0 atom stereocenters. The molecule has 0 aliphatic heterocycles. The lowest BCUT2D eigenvalue weighted by atomic mass is 10.2. The Hall–Kier alpha value is -3.31. The van der Waals surface area contributed by atoms with E-state index in [4.69, 9.17) is 10.5 Å². The van der Waals surface area contributed by atoms with Gasteiger partial charge in [-0.1, -0.05) is 35.9 Å². The normalized spacial score (nSPS) is 10.5. The van der Waals surface area contributed by atoms with Gasteiger partial charge in [0.15, 0.2) is 11.8 Å². The minimum absolute atomic E-state index is 0.183. The molecule has 0 unspecified atom stereocenters. The zero-order valence-corrected chi connectivity index (χ0v) is 16.3. The molecule has 2 aromatic rings. The number of thioether (sulfide) groups is 1. The second kappa shape index (κ2) is 11.4. The van der Waals surface area contributed by atoms with Crippen LogP contribution >= 0.6 is 11.8 Å². The van der Waals surface area contributed by atoms with Gasteiger partial charge in [0.05, 0.1) is 18.9 Å². The number of aliphatic imine (C=N–C) groups is 1. The van der Waals surface area contributed by atoms with Gasteiger partial charge < -0.3 is 15.8 Å². The first-order chi connectivity index (χ1) is 13.6. The fourth-order valence-electron chi connectivity index (χ4n) is 1.99. The summed E-state index contributed by atoms with van der Waals surface area (Å²) in [5.41, 5.74) is 7.56. The van der Waals surface area contributed by atoms with Gasteiger partial charge >= 0.3 is 0 Å². The second-order valence-electron chi connectivity index (χ2n) is 5.36. The van der Waals surface area contributed by atoms with Crippen molar-refractivity contribution in [3.63, 3.8) is 0 Å². The van der Waals surface area contributed by atoms with Crippen molar-refractivity contribution in [2.75, 3.05) is 17.7 Å². The molecule has 2 rings (SSSR count).